The first-order chi connectivity index (χ1) is 21.9. The Balaban J connectivity index is 1.31. The summed E-state index contributed by atoms with van der Waals surface area (Å²) in [7, 11) is 1.35. The molecule has 46 heavy (non-hydrogen) atoms. The Hall–Kier alpha value is -4.91. The molecule has 0 spiro atoms. The van der Waals surface area contributed by atoms with E-state index in [1.165, 1.54) is 23.7 Å². The summed E-state index contributed by atoms with van der Waals surface area (Å²) in [6, 6.07) is 4.66. The van der Waals surface area contributed by atoms with E-state index in [2.05, 4.69) is 20.8 Å². The van der Waals surface area contributed by atoms with Gasteiger partial charge in [-0.2, -0.15) is 0 Å². The van der Waals surface area contributed by atoms with E-state index >= 15 is 0 Å². The maximum absolute atomic E-state index is 13.6. The van der Waals surface area contributed by atoms with Crippen LogP contribution < -0.4 is 21.8 Å². The lowest BCUT2D eigenvalue weighted by Crippen LogP contribution is -2.71. The van der Waals surface area contributed by atoms with E-state index in [1.807, 2.05) is 0 Å². The lowest BCUT2D eigenvalue weighted by atomic mass is 10.0. The standard InChI is InChI=1S/C27H28N8O9S2/c1-3-33-9-10-34(23(41)22(33)40)26(44)29-15(13-7-5-4-6-8-13)18(36)28-16-20(38)35-17(25(42)43)14(11-45-24(16)35)12-46-27-31-30-19(37)21(39)32(27)2/h4-8,15-16,24H,3,9-12H2,1-2H3,(H,28,36)(H,29,44)(H,30,37)(H,42,43)/t15?,16?,24-/m1/s1. The fraction of sp³-hybridized carbons (Fsp3) is 0.370. The number of aromatic amines is 1. The molecule has 4 heterocycles. The number of benzene rings is 1. The first-order valence-corrected chi connectivity index (χ1v) is 15.9. The fourth-order valence-corrected chi connectivity index (χ4v) is 7.49. The van der Waals surface area contributed by atoms with Gasteiger partial charge in [0.2, 0.25) is 5.91 Å². The summed E-state index contributed by atoms with van der Waals surface area (Å²) in [5, 5.41) is 20.4. The maximum atomic E-state index is 13.6. The molecule has 2 unspecified atom stereocenters. The number of rotatable bonds is 9. The fourth-order valence-electron chi connectivity index (χ4n) is 5.09. The molecule has 3 aliphatic heterocycles. The van der Waals surface area contributed by atoms with Gasteiger partial charge in [-0.25, -0.2) is 14.7 Å². The maximum Gasteiger partial charge on any atom is 0.352 e. The van der Waals surface area contributed by atoms with Gasteiger partial charge < -0.3 is 20.6 Å². The number of carboxylic acids is 1. The average Bonchev–Trinajstić information content (AvgIpc) is 3.05. The number of hydrogen-bond acceptors (Lipinski definition) is 11. The minimum atomic E-state index is -1.36. The highest BCUT2D eigenvalue weighted by Gasteiger charge is 2.54. The van der Waals surface area contributed by atoms with Crippen molar-refractivity contribution in [3.05, 3.63) is 67.9 Å². The molecule has 19 heteroatoms. The van der Waals surface area contributed by atoms with Gasteiger partial charge in [-0.3, -0.25) is 43.1 Å². The third-order valence-corrected chi connectivity index (χ3v) is 10.0. The van der Waals surface area contributed by atoms with Gasteiger partial charge in [0.25, 0.3) is 5.91 Å². The molecule has 6 amide bonds. The molecule has 2 saturated heterocycles. The number of amides is 6. The van der Waals surface area contributed by atoms with Crippen molar-refractivity contribution in [2.75, 3.05) is 31.1 Å². The zero-order valence-electron chi connectivity index (χ0n) is 24.4. The Bertz CT molecular complexity index is 1780. The third kappa shape index (κ3) is 6.02. The van der Waals surface area contributed by atoms with Crippen LogP contribution in [0.25, 0.3) is 0 Å². The zero-order chi connectivity index (χ0) is 33.3. The molecule has 1 aromatic heterocycles. The smallest absolute Gasteiger partial charge is 0.352 e. The number of likely N-dealkylation sites (N-methyl/N-ethyl adjacent to an activating group) is 1. The van der Waals surface area contributed by atoms with Gasteiger partial charge >= 0.3 is 34.9 Å². The van der Waals surface area contributed by atoms with Gasteiger partial charge in [0.1, 0.15) is 23.2 Å². The number of piperazine rings is 1. The molecule has 0 saturated carbocycles. The lowest BCUT2D eigenvalue weighted by molar-refractivity contribution is -0.153. The Morgan fingerprint density at radius 3 is 2.50 bits per heavy atom. The van der Waals surface area contributed by atoms with Gasteiger partial charge in [-0.1, -0.05) is 42.1 Å². The van der Waals surface area contributed by atoms with Crippen LogP contribution in [-0.2, 0) is 31.0 Å². The summed E-state index contributed by atoms with van der Waals surface area (Å²) in [5.74, 6) is -4.47. The van der Waals surface area contributed by atoms with Crippen LogP contribution in [0.15, 0.2) is 56.3 Å². The van der Waals surface area contributed by atoms with Crippen LogP contribution in [-0.4, -0.2) is 113 Å². The van der Waals surface area contributed by atoms with E-state index in [0.717, 1.165) is 26.1 Å². The van der Waals surface area contributed by atoms with Gasteiger partial charge in [0.15, 0.2) is 5.16 Å². The largest absolute Gasteiger partial charge is 0.477 e. The van der Waals surface area contributed by atoms with E-state index in [0.29, 0.717) is 17.7 Å². The molecular formula is C27H28N8O9S2. The normalized spacial score (nSPS) is 20.2. The predicted octanol–water partition coefficient (Wildman–Crippen LogP) is -1.56. The van der Waals surface area contributed by atoms with Crippen molar-refractivity contribution in [3.8, 4) is 0 Å². The van der Waals surface area contributed by atoms with Crippen molar-refractivity contribution in [1.29, 1.82) is 0 Å². The van der Waals surface area contributed by atoms with E-state index < -0.39 is 64.2 Å². The first kappa shape index (κ1) is 32.5. The summed E-state index contributed by atoms with van der Waals surface area (Å²) in [6.07, 6.45) is 0. The highest BCUT2D eigenvalue weighted by Crippen LogP contribution is 2.41. The molecule has 0 radical (unpaired) electrons. The number of thioether (sulfide) groups is 2. The number of H-pyrrole nitrogens is 1. The van der Waals surface area contributed by atoms with Crippen molar-refractivity contribution >= 4 is 59.2 Å². The molecule has 0 bridgehead atoms. The van der Waals surface area contributed by atoms with Crippen molar-refractivity contribution in [2.24, 2.45) is 7.05 Å². The molecule has 242 valence electrons. The van der Waals surface area contributed by atoms with Gasteiger partial charge in [-0.15, -0.1) is 16.9 Å². The molecule has 3 atom stereocenters. The lowest BCUT2D eigenvalue weighted by Gasteiger charge is -2.49. The molecule has 4 N–H and O–H groups in total. The van der Waals surface area contributed by atoms with Crippen molar-refractivity contribution in [1.82, 2.24) is 40.1 Å². The monoisotopic (exact) mass is 672 g/mol. The zero-order valence-corrected chi connectivity index (χ0v) is 26.1. The number of aliphatic carboxylic acids is 1. The molecule has 5 rings (SSSR count). The second kappa shape index (κ2) is 13.2. The minimum Gasteiger partial charge on any atom is -0.477 e. The molecule has 3 aliphatic rings. The SMILES string of the molecule is CCN1CCN(C(=O)NC(C(=O)NC2C(=O)N3C(C(=O)O)=C(CSc4n[nH]c(=O)c(=O)n4C)CS[C@H]23)c2ccccc2)C(=O)C1=O. The summed E-state index contributed by atoms with van der Waals surface area (Å²) >= 11 is 2.22. The van der Waals surface area contributed by atoms with Crippen LogP contribution in [0.4, 0.5) is 4.79 Å². The number of carbonyl (C=O) groups is 6. The number of urea groups is 1. The van der Waals surface area contributed by atoms with Crippen LogP contribution >= 0.6 is 23.5 Å². The van der Waals surface area contributed by atoms with Crippen molar-refractivity contribution in [2.45, 2.75) is 29.5 Å². The Morgan fingerprint density at radius 2 is 1.83 bits per heavy atom. The molecule has 17 nitrogen and oxygen atoms in total. The van der Waals surface area contributed by atoms with Crippen LogP contribution in [0, 0.1) is 0 Å². The van der Waals surface area contributed by atoms with E-state index in [1.54, 1.807) is 37.3 Å². The summed E-state index contributed by atoms with van der Waals surface area (Å²) in [6.45, 7) is 2.08. The Morgan fingerprint density at radius 1 is 1.11 bits per heavy atom. The molecular weight excluding hydrogens is 644 g/mol. The number of hydrogen-bond donors (Lipinski definition) is 4. The van der Waals surface area contributed by atoms with E-state index in [4.69, 9.17) is 0 Å². The van der Waals surface area contributed by atoms with Crippen molar-refractivity contribution < 1.29 is 33.9 Å². The van der Waals surface area contributed by atoms with E-state index in [9.17, 15) is 43.5 Å². The second-order valence-corrected chi connectivity index (χ2v) is 12.3. The third-order valence-electron chi connectivity index (χ3n) is 7.56. The number of nitrogens with one attached hydrogen (secondary N) is 3. The number of imide groups is 1. The molecule has 1 aromatic carbocycles. The number of aromatic nitrogens is 3. The molecule has 2 aromatic rings. The molecule has 0 aliphatic carbocycles. The minimum absolute atomic E-state index is 0.0460. The topological polar surface area (TPSA) is 224 Å². The molecule has 2 fully saturated rings. The summed E-state index contributed by atoms with van der Waals surface area (Å²) in [5.41, 5.74) is -1.28. The van der Waals surface area contributed by atoms with Crippen LogP contribution in [0.2, 0.25) is 0 Å². The first-order valence-electron chi connectivity index (χ1n) is 13.9. The van der Waals surface area contributed by atoms with Gasteiger partial charge in [0.05, 0.1) is 0 Å². The highest BCUT2D eigenvalue weighted by molar-refractivity contribution is 8.01. The Labute approximate surface area is 268 Å². The van der Waals surface area contributed by atoms with Crippen LogP contribution in [0.1, 0.15) is 18.5 Å². The van der Waals surface area contributed by atoms with Crippen molar-refractivity contribution in [3.63, 3.8) is 0 Å². The number of fused-ring (bicyclic) bond motifs is 1. The quantitative estimate of drug-likeness (QED) is 0.135. The number of β-lactam (4-membered cyclic amide) rings is 1. The predicted molar refractivity (Wildman–Crippen MR) is 162 cm³/mol. The average molecular weight is 673 g/mol. The number of carbonyl (C=O) groups excluding carboxylic acids is 5. The summed E-state index contributed by atoms with van der Waals surface area (Å²) in [4.78, 5) is 104. The highest BCUT2D eigenvalue weighted by atomic mass is 32.2. The van der Waals surface area contributed by atoms with Gasteiger partial charge in [0, 0.05) is 38.2 Å². The van der Waals surface area contributed by atoms with Crippen LogP contribution in [0.3, 0.4) is 0 Å². The summed E-state index contributed by atoms with van der Waals surface area (Å²) < 4.78 is 1.03. The second-order valence-electron chi connectivity index (χ2n) is 10.3. The number of carboxylic acid groups (broad SMARTS) is 1. The number of nitrogens with zero attached hydrogens (tertiary/aromatic N) is 5. The van der Waals surface area contributed by atoms with E-state index in [-0.39, 0.29) is 35.4 Å². The van der Waals surface area contributed by atoms with Crippen LogP contribution in [0.5, 0.6) is 0 Å². The Kier molecular flexibility index (Phi) is 9.33. The van der Waals surface area contributed by atoms with Gasteiger partial charge in [-0.05, 0) is 18.1 Å².